The second-order valence-corrected chi connectivity index (χ2v) is 2.17. The lowest BCUT2D eigenvalue weighted by Crippen LogP contribution is -2.05. The molecule has 0 aliphatic rings. The van der Waals surface area contributed by atoms with Crippen LogP contribution in [0.1, 0.15) is 0 Å². The van der Waals surface area contributed by atoms with Gasteiger partial charge in [-0.25, -0.2) is 4.79 Å². The molecule has 3 nitrogen and oxygen atoms in total. The van der Waals surface area contributed by atoms with Gasteiger partial charge in [-0.2, -0.15) is 26.3 Å². The summed E-state index contributed by atoms with van der Waals surface area (Å²) in [4.78, 5) is 10.3. The molecule has 92 valence electrons. The van der Waals surface area contributed by atoms with Gasteiger partial charge in [0.2, 0.25) is 0 Å². The van der Waals surface area contributed by atoms with Gasteiger partial charge in [0.1, 0.15) is 12.5 Å². The van der Waals surface area contributed by atoms with E-state index < -0.39 is 30.7 Å². The zero-order valence-electron chi connectivity index (χ0n) is 7.30. The van der Waals surface area contributed by atoms with Gasteiger partial charge in [0.15, 0.2) is 0 Å². The predicted molar refractivity (Wildman–Crippen MR) is 38.0 cm³/mol. The number of halogens is 6. The molecular formula is C7H4F6O3. The Morgan fingerprint density at radius 3 is 1.38 bits per heavy atom. The normalized spacial score (nSPS) is 13.4. The van der Waals surface area contributed by atoms with Crippen molar-refractivity contribution in [1.82, 2.24) is 0 Å². The van der Waals surface area contributed by atoms with Crippen LogP contribution >= 0.6 is 0 Å². The molecule has 0 saturated carbocycles. The summed E-state index contributed by atoms with van der Waals surface area (Å²) in [5, 5.41) is 0. The summed E-state index contributed by atoms with van der Waals surface area (Å²) < 4.78 is 75.9. The number of hydrogen-bond acceptors (Lipinski definition) is 3. The van der Waals surface area contributed by atoms with Crippen LogP contribution in [0, 0.1) is 0 Å². The fourth-order valence-electron chi connectivity index (χ4n) is 0.361. The summed E-state index contributed by atoms with van der Waals surface area (Å²) in [6.45, 7) is 0. The summed E-state index contributed by atoms with van der Waals surface area (Å²) in [6, 6.07) is 0. The van der Waals surface area contributed by atoms with E-state index in [1.54, 1.807) is 0 Å². The van der Waals surface area contributed by atoms with Gasteiger partial charge in [0, 0.05) is 0 Å². The third-order valence-corrected chi connectivity index (χ3v) is 0.843. The summed E-state index contributed by atoms with van der Waals surface area (Å²) in [7, 11) is 0. The van der Waals surface area contributed by atoms with Crippen molar-refractivity contribution in [2.75, 3.05) is 0 Å². The Morgan fingerprint density at radius 2 is 1.12 bits per heavy atom. The minimum atomic E-state index is -4.69. The molecule has 0 aliphatic carbocycles. The Bertz CT molecular complexity index is 259. The van der Waals surface area contributed by atoms with Crippen molar-refractivity contribution >= 4 is 6.16 Å². The van der Waals surface area contributed by atoms with Crippen molar-refractivity contribution < 1.29 is 40.6 Å². The lowest BCUT2D eigenvalue weighted by molar-refractivity contribution is -0.0816. The Labute approximate surface area is 84.9 Å². The second kappa shape index (κ2) is 5.42. The van der Waals surface area contributed by atoms with Crippen molar-refractivity contribution in [3.63, 3.8) is 0 Å². The number of allylic oxidation sites excluding steroid dienone is 2. The van der Waals surface area contributed by atoms with E-state index in [0.717, 1.165) is 0 Å². The Kier molecular flexibility index (Phi) is 4.86. The molecular weight excluding hydrogens is 246 g/mol. The van der Waals surface area contributed by atoms with Crippen LogP contribution in [0.3, 0.4) is 0 Å². The number of rotatable bonds is 2. The molecule has 0 amide bonds. The van der Waals surface area contributed by atoms with E-state index in [9.17, 15) is 31.1 Å². The summed E-state index contributed by atoms with van der Waals surface area (Å²) >= 11 is 0. The third-order valence-electron chi connectivity index (χ3n) is 0.843. The SMILES string of the molecule is O=C(OC=CC(F)(F)F)OC=CC(F)(F)F. The van der Waals surface area contributed by atoms with Gasteiger partial charge in [-0.05, 0) is 0 Å². The first-order chi connectivity index (χ1) is 7.10. The van der Waals surface area contributed by atoms with Crippen LogP contribution in [-0.2, 0) is 9.47 Å². The maximum atomic E-state index is 11.4. The van der Waals surface area contributed by atoms with Gasteiger partial charge in [-0.1, -0.05) is 0 Å². The van der Waals surface area contributed by atoms with Gasteiger partial charge in [0.05, 0.1) is 12.2 Å². The quantitative estimate of drug-likeness (QED) is 0.428. The van der Waals surface area contributed by atoms with E-state index in [1.807, 2.05) is 0 Å². The molecule has 0 radical (unpaired) electrons. The van der Waals surface area contributed by atoms with Crippen LogP contribution in [0.15, 0.2) is 24.7 Å². The molecule has 0 aromatic carbocycles. The van der Waals surface area contributed by atoms with E-state index >= 15 is 0 Å². The van der Waals surface area contributed by atoms with E-state index in [1.165, 1.54) is 0 Å². The highest BCUT2D eigenvalue weighted by atomic mass is 19.4. The van der Waals surface area contributed by atoms with Gasteiger partial charge in [0.25, 0.3) is 0 Å². The lowest BCUT2D eigenvalue weighted by Gasteiger charge is -1.99. The Balaban J connectivity index is 3.94. The highest BCUT2D eigenvalue weighted by Crippen LogP contribution is 2.16. The molecule has 0 rings (SSSR count). The first kappa shape index (κ1) is 14.3. The smallest absolute Gasteiger partial charge is 0.403 e. The minimum Gasteiger partial charge on any atom is -0.403 e. The van der Waals surface area contributed by atoms with E-state index in [4.69, 9.17) is 0 Å². The monoisotopic (exact) mass is 250 g/mol. The number of alkyl halides is 6. The maximum Gasteiger partial charge on any atom is 0.518 e. The highest BCUT2D eigenvalue weighted by Gasteiger charge is 2.23. The first-order valence-electron chi connectivity index (χ1n) is 3.46. The Morgan fingerprint density at radius 1 is 0.812 bits per heavy atom. The molecule has 0 N–H and O–H groups in total. The van der Waals surface area contributed by atoms with Crippen molar-refractivity contribution in [2.24, 2.45) is 0 Å². The summed E-state index contributed by atoms with van der Waals surface area (Å²) in [6.07, 6.45) is -12.1. The van der Waals surface area contributed by atoms with Crippen LogP contribution in [-0.4, -0.2) is 18.5 Å². The standard InChI is InChI=1S/C7H4F6O3/c8-6(9,10)1-3-15-5(14)16-4-2-7(11,12)13/h1-4H. The molecule has 0 heterocycles. The predicted octanol–water partition coefficient (Wildman–Crippen LogP) is 3.29. The van der Waals surface area contributed by atoms with Gasteiger partial charge < -0.3 is 9.47 Å². The third kappa shape index (κ3) is 10.4. The molecule has 0 aliphatic heterocycles. The van der Waals surface area contributed by atoms with Crippen LogP contribution in [0.25, 0.3) is 0 Å². The zero-order chi connectivity index (χ0) is 12.8. The molecule has 9 heteroatoms. The van der Waals surface area contributed by atoms with E-state index in [2.05, 4.69) is 9.47 Å². The van der Waals surface area contributed by atoms with Crippen molar-refractivity contribution in [1.29, 1.82) is 0 Å². The molecule has 16 heavy (non-hydrogen) atoms. The van der Waals surface area contributed by atoms with Gasteiger partial charge in [-0.15, -0.1) is 0 Å². The second-order valence-electron chi connectivity index (χ2n) is 2.17. The molecule has 0 bridgehead atoms. The zero-order valence-corrected chi connectivity index (χ0v) is 7.30. The summed E-state index contributed by atoms with van der Waals surface area (Å²) in [5.74, 6) is 0. The summed E-state index contributed by atoms with van der Waals surface area (Å²) in [5.41, 5.74) is 0. The van der Waals surface area contributed by atoms with E-state index in [-0.39, 0.29) is 12.5 Å². The number of ether oxygens (including phenoxy) is 2. The largest absolute Gasteiger partial charge is 0.518 e. The topological polar surface area (TPSA) is 35.5 Å². The molecule has 0 aromatic heterocycles. The number of carbonyl (C=O) groups excluding carboxylic acids is 1. The molecule has 0 saturated heterocycles. The minimum absolute atomic E-state index is 0.0518. The van der Waals surface area contributed by atoms with Crippen LogP contribution in [0.4, 0.5) is 31.1 Å². The Hall–Kier alpha value is -1.67. The van der Waals surface area contributed by atoms with Crippen LogP contribution in [0.2, 0.25) is 0 Å². The lowest BCUT2D eigenvalue weighted by atomic mass is 10.6. The fraction of sp³-hybridized carbons (Fsp3) is 0.286. The van der Waals surface area contributed by atoms with Gasteiger partial charge in [-0.3, -0.25) is 0 Å². The molecule has 0 unspecified atom stereocenters. The van der Waals surface area contributed by atoms with Crippen molar-refractivity contribution in [3.05, 3.63) is 24.7 Å². The highest BCUT2D eigenvalue weighted by molar-refractivity contribution is 5.61. The average Bonchev–Trinajstić information content (AvgIpc) is 1.98. The molecule has 0 spiro atoms. The van der Waals surface area contributed by atoms with Crippen LogP contribution in [0.5, 0.6) is 0 Å². The van der Waals surface area contributed by atoms with Crippen molar-refractivity contribution in [2.45, 2.75) is 12.4 Å². The number of carbonyl (C=O) groups is 1. The maximum absolute atomic E-state index is 11.4. The molecule has 0 fully saturated rings. The van der Waals surface area contributed by atoms with Crippen molar-refractivity contribution in [3.8, 4) is 0 Å². The molecule has 0 aromatic rings. The number of hydrogen-bond donors (Lipinski definition) is 0. The fourth-order valence-corrected chi connectivity index (χ4v) is 0.361. The van der Waals surface area contributed by atoms with E-state index in [0.29, 0.717) is 0 Å². The van der Waals surface area contributed by atoms with Crippen LogP contribution < -0.4 is 0 Å². The first-order valence-corrected chi connectivity index (χ1v) is 3.46. The molecule has 0 atom stereocenters. The average molecular weight is 250 g/mol. The van der Waals surface area contributed by atoms with Gasteiger partial charge >= 0.3 is 18.5 Å².